The minimum atomic E-state index is 0.953. The van der Waals surface area contributed by atoms with Crippen LogP contribution in [0.15, 0.2) is 48.5 Å². The molecule has 0 saturated carbocycles. The molecule has 0 aliphatic carbocycles. The number of allylic oxidation sites excluding steroid dienone is 1. The van der Waals surface area contributed by atoms with Crippen molar-refractivity contribution in [1.82, 2.24) is 10.1 Å². The molecule has 0 radical (unpaired) electrons. The van der Waals surface area contributed by atoms with Gasteiger partial charge in [-0.25, -0.2) is 0 Å². The standard InChI is InChI=1S/C22H24N4O/c1-4-16(17-10-5-6-11-18(17)25-27-3)21-20-13-8-14-26(20)24-22(21)19-12-7-9-15(2)23-19/h4-7,9-12,25H,8,13-14H2,1-3H3/p+1/b16-4+. The maximum atomic E-state index is 5.20. The van der Waals surface area contributed by atoms with Gasteiger partial charge in [0.2, 0.25) is 5.69 Å². The van der Waals surface area contributed by atoms with E-state index in [1.165, 1.54) is 16.8 Å². The Morgan fingerprint density at radius 2 is 2.07 bits per heavy atom. The number of pyridine rings is 1. The summed E-state index contributed by atoms with van der Waals surface area (Å²) < 4.78 is 2.27. The van der Waals surface area contributed by atoms with E-state index in [0.717, 1.165) is 47.7 Å². The van der Waals surface area contributed by atoms with Crippen LogP contribution >= 0.6 is 0 Å². The van der Waals surface area contributed by atoms with Gasteiger partial charge in [-0.15, -0.1) is 4.68 Å². The van der Waals surface area contributed by atoms with Gasteiger partial charge in [-0.05, 0) is 37.6 Å². The normalized spacial score (nSPS) is 13.7. The van der Waals surface area contributed by atoms with E-state index in [9.17, 15) is 0 Å². The SMILES string of the molecule is C/C=C(\c1ccccc1NOC)c1c(-c2cccc(C)n2)[nH][n+]2c1CCC2. The summed E-state index contributed by atoms with van der Waals surface area (Å²) in [6, 6.07) is 14.4. The minimum Gasteiger partial charge on any atom is -0.279 e. The molecule has 0 fully saturated rings. The Morgan fingerprint density at radius 1 is 1.22 bits per heavy atom. The molecular weight excluding hydrogens is 336 g/mol. The van der Waals surface area contributed by atoms with Gasteiger partial charge in [0, 0.05) is 24.1 Å². The van der Waals surface area contributed by atoms with Crippen molar-refractivity contribution in [3.05, 3.63) is 71.1 Å². The number of fused-ring (bicyclic) bond motifs is 1. The molecule has 3 aromatic rings. The third kappa shape index (κ3) is 3.15. The summed E-state index contributed by atoms with van der Waals surface area (Å²) in [5.41, 5.74) is 11.9. The van der Waals surface area contributed by atoms with Gasteiger partial charge < -0.3 is 0 Å². The van der Waals surface area contributed by atoms with E-state index in [1.807, 2.05) is 25.1 Å². The Kier molecular flexibility index (Phi) is 4.77. The first-order valence-electron chi connectivity index (χ1n) is 9.36. The van der Waals surface area contributed by atoms with E-state index < -0.39 is 0 Å². The van der Waals surface area contributed by atoms with Gasteiger partial charge in [0.25, 0.3) is 0 Å². The fraction of sp³-hybridized carbons (Fsp3) is 0.273. The molecule has 0 spiro atoms. The van der Waals surface area contributed by atoms with Crippen LogP contribution in [0, 0.1) is 6.92 Å². The highest BCUT2D eigenvalue weighted by Gasteiger charge is 2.33. The second-order valence-electron chi connectivity index (χ2n) is 6.78. The number of para-hydroxylation sites is 1. The number of nitrogens with one attached hydrogen (secondary N) is 2. The highest BCUT2D eigenvalue weighted by atomic mass is 16.6. The van der Waals surface area contributed by atoms with Crippen molar-refractivity contribution in [3.63, 3.8) is 0 Å². The first-order chi connectivity index (χ1) is 13.2. The van der Waals surface area contributed by atoms with Crippen LogP contribution in [-0.4, -0.2) is 17.2 Å². The molecule has 0 saturated heterocycles. The minimum absolute atomic E-state index is 0.953. The van der Waals surface area contributed by atoms with Crippen molar-refractivity contribution in [2.75, 3.05) is 12.6 Å². The number of rotatable bonds is 5. The molecule has 2 aromatic heterocycles. The fourth-order valence-electron chi connectivity index (χ4n) is 3.90. The predicted molar refractivity (Wildman–Crippen MR) is 107 cm³/mol. The Morgan fingerprint density at radius 3 is 2.85 bits per heavy atom. The molecule has 5 nitrogen and oxygen atoms in total. The van der Waals surface area contributed by atoms with E-state index in [2.05, 4.69) is 52.5 Å². The van der Waals surface area contributed by atoms with Crippen molar-refractivity contribution in [2.45, 2.75) is 33.2 Å². The third-order valence-electron chi connectivity index (χ3n) is 5.04. The molecule has 0 atom stereocenters. The maximum absolute atomic E-state index is 5.20. The number of aromatic nitrogens is 3. The van der Waals surface area contributed by atoms with Crippen LogP contribution in [0.25, 0.3) is 17.0 Å². The highest BCUT2D eigenvalue weighted by Crippen LogP contribution is 2.37. The van der Waals surface area contributed by atoms with Gasteiger partial charge in [-0.3, -0.25) is 15.3 Å². The average molecular weight is 361 g/mol. The van der Waals surface area contributed by atoms with Gasteiger partial charge in [0.05, 0.1) is 24.1 Å². The number of H-pyrrole nitrogens is 1. The molecule has 0 amide bonds. The molecule has 1 aliphatic heterocycles. The zero-order chi connectivity index (χ0) is 18.8. The quantitative estimate of drug-likeness (QED) is 0.533. The first kappa shape index (κ1) is 17.5. The number of hydrogen-bond acceptors (Lipinski definition) is 3. The molecule has 0 bridgehead atoms. The monoisotopic (exact) mass is 361 g/mol. The number of nitrogens with zero attached hydrogens (tertiary/aromatic N) is 2. The first-order valence-corrected chi connectivity index (χ1v) is 9.36. The summed E-state index contributed by atoms with van der Waals surface area (Å²) >= 11 is 0. The lowest BCUT2D eigenvalue weighted by atomic mass is 9.92. The van der Waals surface area contributed by atoms with E-state index in [4.69, 9.17) is 9.82 Å². The molecular formula is C22H25N4O+. The average Bonchev–Trinajstić information content (AvgIpc) is 3.26. The Balaban J connectivity index is 1.93. The second kappa shape index (κ2) is 7.37. The van der Waals surface area contributed by atoms with Gasteiger partial charge in [0.15, 0.2) is 6.54 Å². The van der Waals surface area contributed by atoms with E-state index >= 15 is 0 Å². The molecule has 1 aliphatic rings. The summed E-state index contributed by atoms with van der Waals surface area (Å²) in [7, 11) is 1.64. The van der Waals surface area contributed by atoms with Gasteiger partial charge >= 0.3 is 0 Å². The maximum Gasteiger partial charge on any atom is 0.216 e. The van der Waals surface area contributed by atoms with Crippen LogP contribution in [0.2, 0.25) is 0 Å². The number of benzene rings is 1. The number of hydrogen-bond donors (Lipinski definition) is 2. The van der Waals surface area contributed by atoms with Crippen LogP contribution < -0.4 is 10.2 Å². The van der Waals surface area contributed by atoms with Crippen LogP contribution in [-0.2, 0) is 17.8 Å². The van der Waals surface area contributed by atoms with Crippen molar-refractivity contribution in [1.29, 1.82) is 0 Å². The number of anilines is 1. The lowest BCUT2D eigenvalue weighted by Gasteiger charge is -2.13. The summed E-state index contributed by atoms with van der Waals surface area (Å²) in [6.45, 7) is 5.13. The highest BCUT2D eigenvalue weighted by molar-refractivity contribution is 5.91. The molecule has 1 aromatic carbocycles. The molecule has 138 valence electrons. The lowest BCUT2D eigenvalue weighted by Crippen LogP contribution is -2.34. The molecule has 2 N–H and O–H groups in total. The second-order valence-corrected chi connectivity index (χ2v) is 6.78. The van der Waals surface area contributed by atoms with E-state index in [1.54, 1.807) is 7.11 Å². The Hall–Kier alpha value is -2.92. The van der Waals surface area contributed by atoms with Crippen molar-refractivity contribution in [3.8, 4) is 11.4 Å². The predicted octanol–water partition coefficient (Wildman–Crippen LogP) is 4.04. The van der Waals surface area contributed by atoms with Gasteiger partial charge in [-0.1, -0.05) is 30.3 Å². The Bertz CT molecular complexity index is 1000. The lowest BCUT2D eigenvalue weighted by molar-refractivity contribution is -0.743. The van der Waals surface area contributed by atoms with Crippen LogP contribution in [0.3, 0.4) is 0 Å². The van der Waals surface area contributed by atoms with Crippen molar-refractivity contribution in [2.24, 2.45) is 0 Å². The van der Waals surface area contributed by atoms with E-state index in [0.29, 0.717) is 0 Å². The van der Waals surface area contributed by atoms with Gasteiger partial charge in [0.1, 0.15) is 5.69 Å². The van der Waals surface area contributed by atoms with Crippen molar-refractivity contribution < 1.29 is 9.52 Å². The zero-order valence-corrected chi connectivity index (χ0v) is 16.0. The fourth-order valence-corrected chi connectivity index (χ4v) is 3.90. The zero-order valence-electron chi connectivity index (χ0n) is 16.0. The molecule has 4 rings (SSSR count). The molecule has 5 heteroatoms. The van der Waals surface area contributed by atoms with Gasteiger partial charge in [-0.2, -0.15) is 5.10 Å². The molecule has 0 unspecified atom stereocenters. The Labute approximate surface area is 159 Å². The van der Waals surface area contributed by atoms with Crippen molar-refractivity contribution >= 4 is 11.3 Å². The smallest absolute Gasteiger partial charge is 0.216 e. The van der Waals surface area contributed by atoms with Crippen LogP contribution in [0.4, 0.5) is 5.69 Å². The number of aromatic amines is 1. The third-order valence-corrected chi connectivity index (χ3v) is 5.04. The summed E-state index contributed by atoms with van der Waals surface area (Å²) in [5, 5.41) is 3.60. The molecule has 3 heterocycles. The summed E-state index contributed by atoms with van der Waals surface area (Å²) in [5.74, 6) is 0. The topological polar surface area (TPSA) is 53.8 Å². The molecule has 27 heavy (non-hydrogen) atoms. The van der Waals surface area contributed by atoms with Crippen LogP contribution in [0.5, 0.6) is 0 Å². The van der Waals surface area contributed by atoms with E-state index in [-0.39, 0.29) is 0 Å². The number of aryl methyl sites for hydroxylation is 2. The largest absolute Gasteiger partial charge is 0.279 e. The summed E-state index contributed by atoms with van der Waals surface area (Å²) in [4.78, 5) is 9.98. The summed E-state index contributed by atoms with van der Waals surface area (Å²) in [6.07, 6.45) is 4.40. The van der Waals surface area contributed by atoms with Crippen LogP contribution in [0.1, 0.15) is 35.9 Å².